The van der Waals surface area contributed by atoms with Gasteiger partial charge in [-0.3, -0.25) is 0 Å². The summed E-state index contributed by atoms with van der Waals surface area (Å²) in [5.74, 6) is 1.26. The summed E-state index contributed by atoms with van der Waals surface area (Å²) in [5, 5.41) is 0. The Kier molecular flexibility index (Phi) is 7.84. The molecule has 0 aliphatic heterocycles. The minimum absolute atomic E-state index is 1.09. The van der Waals surface area contributed by atoms with Crippen LogP contribution in [0.2, 0.25) is 18.1 Å². The van der Waals surface area contributed by atoms with Crippen LogP contribution in [-0.2, 0) is 4.43 Å². The number of hydrogen-bond acceptors (Lipinski definition) is 1. The normalized spacial score (nSPS) is 13.0. The summed E-state index contributed by atoms with van der Waals surface area (Å²) >= 11 is 0. The zero-order valence-corrected chi connectivity index (χ0v) is 12.2. The second-order valence-corrected chi connectivity index (χ2v) is 8.87. The van der Waals surface area contributed by atoms with E-state index in [0.717, 1.165) is 12.8 Å². The molecule has 0 heterocycles. The van der Waals surface area contributed by atoms with Crippen molar-refractivity contribution in [3.63, 3.8) is 0 Å². The Bertz CT molecular complexity index is 175. The molecule has 0 aliphatic carbocycles. The van der Waals surface area contributed by atoms with E-state index in [-0.39, 0.29) is 0 Å². The van der Waals surface area contributed by atoms with Gasteiger partial charge in [0.2, 0.25) is 8.32 Å². The van der Waals surface area contributed by atoms with Crippen LogP contribution in [0.5, 0.6) is 0 Å². The van der Waals surface area contributed by atoms with Crippen LogP contribution in [0.1, 0.15) is 53.9 Å². The predicted octanol–water partition coefficient (Wildman–Crippen LogP) is 5.10. The highest BCUT2D eigenvalue weighted by Gasteiger charge is 2.30. The van der Waals surface area contributed by atoms with Crippen molar-refractivity contribution < 1.29 is 4.43 Å². The average Bonchev–Trinajstić information content (AvgIpc) is 2.27. The summed E-state index contributed by atoms with van der Waals surface area (Å²) in [7, 11) is -1.42. The van der Waals surface area contributed by atoms with Crippen LogP contribution in [0.25, 0.3) is 0 Å². The lowest BCUT2D eigenvalue weighted by molar-refractivity contribution is 0.380. The fourth-order valence-corrected chi connectivity index (χ4v) is 4.59. The maximum Gasteiger partial charge on any atom is 0.250 e. The molecule has 0 atom stereocenters. The van der Waals surface area contributed by atoms with Gasteiger partial charge in [0.1, 0.15) is 0 Å². The van der Waals surface area contributed by atoms with Gasteiger partial charge in [-0.25, -0.2) is 0 Å². The van der Waals surface area contributed by atoms with Gasteiger partial charge in [0.15, 0.2) is 0 Å². The fraction of sp³-hybridized carbons (Fsp3) is 0.846. The Hall–Kier alpha value is -0.243. The minimum atomic E-state index is -1.42. The molecule has 2 heteroatoms. The summed E-state index contributed by atoms with van der Waals surface area (Å²) in [6, 6.07) is 3.72. The van der Waals surface area contributed by atoms with Crippen LogP contribution in [0.4, 0.5) is 0 Å². The molecule has 0 unspecified atom stereocenters. The van der Waals surface area contributed by atoms with Crippen molar-refractivity contribution in [2.75, 3.05) is 0 Å². The second kappa shape index (κ2) is 7.97. The molecular formula is C13H28OSi. The van der Waals surface area contributed by atoms with Gasteiger partial charge in [-0.15, -0.1) is 0 Å². The van der Waals surface area contributed by atoms with Gasteiger partial charge in [-0.05, 0) is 37.0 Å². The Morgan fingerprint density at radius 1 is 1.00 bits per heavy atom. The van der Waals surface area contributed by atoms with Crippen molar-refractivity contribution >= 4 is 8.32 Å². The molecule has 0 amide bonds. The quantitative estimate of drug-likeness (QED) is 0.415. The molecule has 0 saturated heterocycles. The predicted molar refractivity (Wildman–Crippen MR) is 71.6 cm³/mol. The summed E-state index contributed by atoms with van der Waals surface area (Å²) in [6.45, 7) is 11.3. The maximum absolute atomic E-state index is 6.37. The molecule has 0 aliphatic rings. The average molecular weight is 228 g/mol. The molecule has 15 heavy (non-hydrogen) atoms. The van der Waals surface area contributed by atoms with Crippen LogP contribution in [-0.4, -0.2) is 8.32 Å². The largest absolute Gasteiger partial charge is 0.547 e. The lowest BCUT2D eigenvalue weighted by Crippen LogP contribution is -2.35. The molecule has 0 N–H and O–H groups in total. The third kappa shape index (κ3) is 4.87. The van der Waals surface area contributed by atoms with Crippen molar-refractivity contribution in [2.45, 2.75) is 72.0 Å². The van der Waals surface area contributed by atoms with Crippen LogP contribution < -0.4 is 0 Å². The van der Waals surface area contributed by atoms with Crippen molar-refractivity contribution in [3.05, 3.63) is 11.8 Å². The molecule has 0 radical (unpaired) electrons. The standard InChI is InChI=1S/C13H28OSi/c1-6-11-13(12-7-2)14-15(8-3,9-4)10-5/h11H,6-10,12H2,1-5H3/b13-11-. The molecular weight excluding hydrogens is 200 g/mol. The molecule has 0 spiro atoms. The Balaban J connectivity index is 4.53. The molecule has 90 valence electrons. The minimum Gasteiger partial charge on any atom is -0.547 e. The van der Waals surface area contributed by atoms with E-state index < -0.39 is 8.32 Å². The Labute approximate surface area is 97.0 Å². The molecule has 0 aromatic carbocycles. The van der Waals surface area contributed by atoms with Crippen molar-refractivity contribution in [2.24, 2.45) is 0 Å². The summed E-state index contributed by atoms with van der Waals surface area (Å²) in [6.07, 6.45) is 5.67. The third-order valence-electron chi connectivity index (χ3n) is 3.21. The molecule has 0 fully saturated rings. The van der Waals surface area contributed by atoms with Gasteiger partial charge in [0.05, 0.1) is 5.76 Å². The maximum atomic E-state index is 6.37. The first-order valence-electron chi connectivity index (χ1n) is 6.55. The van der Waals surface area contributed by atoms with E-state index in [2.05, 4.69) is 40.7 Å². The Morgan fingerprint density at radius 3 is 1.87 bits per heavy atom. The highest BCUT2D eigenvalue weighted by molar-refractivity contribution is 6.73. The zero-order chi connectivity index (χ0) is 11.7. The highest BCUT2D eigenvalue weighted by atomic mass is 28.4. The van der Waals surface area contributed by atoms with E-state index in [9.17, 15) is 0 Å². The van der Waals surface area contributed by atoms with E-state index in [1.54, 1.807) is 0 Å². The van der Waals surface area contributed by atoms with Crippen LogP contribution in [0.3, 0.4) is 0 Å². The summed E-state index contributed by atoms with van der Waals surface area (Å²) in [5.41, 5.74) is 0. The van der Waals surface area contributed by atoms with Crippen molar-refractivity contribution in [1.29, 1.82) is 0 Å². The lowest BCUT2D eigenvalue weighted by Gasteiger charge is -2.30. The molecule has 1 nitrogen and oxygen atoms in total. The van der Waals surface area contributed by atoms with Crippen molar-refractivity contribution in [1.82, 2.24) is 0 Å². The van der Waals surface area contributed by atoms with Crippen LogP contribution >= 0.6 is 0 Å². The summed E-state index contributed by atoms with van der Waals surface area (Å²) < 4.78 is 6.37. The van der Waals surface area contributed by atoms with Gasteiger partial charge in [-0.2, -0.15) is 0 Å². The molecule has 0 bridgehead atoms. The SMILES string of the molecule is CC/C=C(/CCC)O[Si](CC)(CC)CC. The third-order valence-corrected chi connectivity index (χ3v) is 7.77. The number of rotatable bonds is 8. The number of hydrogen-bond donors (Lipinski definition) is 0. The van der Waals surface area contributed by atoms with Gasteiger partial charge >= 0.3 is 0 Å². The van der Waals surface area contributed by atoms with E-state index in [1.165, 1.54) is 30.3 Å². The monoisotopic (exact) mass is 228 g/mol. The first kappa shape index (κ1) is 14.8. The first-order valence-corrected chi connectivity index (χ1v) is 9.08. The second-order valence-electron chi connectivity index (χ2n) is 4.17. The van der Waals surface area contributed by atoms with E-state index in [1.807, 2.05) is 0 Å². The first-order chi connectivity index (χ1) is 7.17. The topological polar surface area (TPSA) is 9.23 Å². The van der Waals surface area contributed by atoms with Crippen LogP contribution in [0.15, 0.2) is 11.8 Å². The van der Waals surface area contributed by atoms with E-state index in [4.69, 9.17) is 4.43 Å². The van der Waals surface area contributed by atoms with Crippen molar-refractivity contribution in [3.8, 4) is 0 Å². The molecule has 0 rings (SSSR count). The van der Waals surface area contributed by atoms with E-state index >= 15 is 0 Å². The fourth-order valence-electron chi connectivity index (χ4n) is 1.91. The van der Waals surface area contributed by atoms with Gasteiger partial charge in [0.25, 0.3) is 0 Å². The highest BCUT2D eigenvalue weighted by Crippen LogP contribution is 2.26. The smallest absolute Gasteiger partial charge is 0.250 e. The summed E-state index contributed by atoms with van der Waals surface area (Å²) in [4.78, 5) is 0. The molecule has 0 aromatic heterocycles. The van der Waals surface area contributed by atoms with Gasteiger partial charge < -0.3 is 4.43 Å². The molecule has 0 saturated carbocycles. The lowest BCUT2D eigenvalue weighted by atomic mass is 10.2. The van der Waals surface area contributed by atoms with Gasteiger partial charge in [0, 0.05) is 6.42 Å². The Morgan fingerprint density at radius 2 is 1.53 bits per heavy atom. The number of allylic oxidation sites excluding steroid dienone is 2. The zero-order valence-electron chi connectivity index (χ0n) is 11.2. The van der Waals surface area contributed by atoms with E-state index in [0.29, 0.717) is 0 Å². The van der Waals surface area contributed by atoms with Crippen LogP contribution in [0, 0.1) is 0 Å². The molecule has 0 aromatic rings. The van der Waals surface area contributed by atoms with Gasteiger partial charge in [-0.1, -0.05) is 34.6 Å².